The number of carbonyl (C=O) groups excluding carboxylic acids is 1. The molecule has 1 aliphatic rings. The van der Waals surface area contributed by atoms with Gasteiger partial charge in [-0.3, -0.25) is 18.7 Å². The molecule has 8 nitrogen and oxygen atoms in total. The van der Waals surface area contributed by atoms with Gasteiger partial charge < -0.3 is 10.3 Å². The summed E-state index contributed by atoms with van der Waals surface area (Å²) in [6.07, 6.45) is 4.61. The normalized spacial score (nSPS) is 14.1. The molecule has 0 saturated heterocycles. The number of carbonyl (C=O) groups is 1. The molecule has 2 N–H and O–H groups in total. The van der Waals surface area contributed by atoms with Crippen LogP contribution in [0.1, 0.15) is 66.0 Å². The van der Waals surface area contributed by atoms with Gasteiger partial charge in [0.2, 0.25) is 0 Å². The number of aryl methyl sites for hydroxylation is 1. The Balaban J connectivity index is 1.66. The first-order valence-electron chi connectivity index (χ1n) is 11.7. The highest BCUT2D eigenvalue weighted by atomic mass is 32.2. The number of thioether (sulfide) groups is 1. The summed E-state index contributed by atoms with van der Waals surface area (Å²) in [7, 11) is 0. The van der Waals surface area contributed by atoms with E-state index >= 15 is 0 Å². The largest absolute Gasteiger partial charge is 0.384 e. The molecule has 0 spiro atoms. The quantitative estimate of drug-likeness (QED) is 0.390. The Hall–Kier alpha value is -3.07. The molecule has 0 amide bonds. The smallest absolute Gasteiger partial charge is 0.332 e. The van der Waals surface area contributed by atoms with E-state index in [2.05, 4.69) is 11.5 Å². The number of ketones is 1. The van der Waals surface area contributed by atoms with Gasteiger partial charge in [-0.15, -0.1) is 0 Å². The summed E-state index contributed by atoms with van der Waals surface area (Å²) < 4.78 is 4.63. The molecule has 9 heteroatoms. The predicted molar refractivity (Wildman–Crippen MR) is 135 cm³/mol. The average Bonchev–Trinajstić information content (AvgIpc) is 3.44. The van der Waals surface area contributed by atoms with E-state index in [9.17, 15) is 14.4 Å². The predicted octanol–water partition coefficient (Wildman–Crippen LogP) is 3.56. The molecular weight excluding hydrogens is 450 g/mol. The highest BCUT2D eigenvalue weighted by Gasteiger charge is 2.26. The Morgan fingerprint density at radius 1 is 1.12 bits per heavy atom. The molecule has 0 atom stereocenters. The fourth-order valence-corrected chi connectivity index (χ4v) is 5.70. The first-order chi connectivity index (χ1) is 16.3. The number of nitrogen functional groups attached to an aromatic ring is 1. The number of anilines is 1. The van der Waals surface area contributed by atoms with Crippen LogP contribution in [0.2, 0.25) is 0 Å². The second kappa shape index (κ2) is 10.0. The van der Waals surface area contributed by atoms with Crippen molar-refractivity contribution in [2.45, 2.75) is 70.7 Å². The van der Waals surface area contributed by atoms with Crippen LogP contribution in [-0.2, 0) is 13.1 Å². The van der Waals surface area contributed by atoms with Crippen molar-refractivity contribution in [1.29, 1.82) is 0 Å². The summed E-state index contributed by atoms with van der Waals surface area (Å²) in [5.41, 5.74) is 7.93. The standard InChI is InChI=1S/C25H31N5O3S/c1-4-28-23(32)21(22(26)29(25(28)33)14-18-10-6-5-7-11-18)20(31)15-34-24-27-16(2)17(3)30(24)19-12-8-9-13-19/h5-7,10-11,19H,4,8-9,12-15,26H2,1-3H3. The highest BCUT2D eigenvalue weighted by Crippen LogP contribution is 2.35. The van der Waals surface area contributed by atoms with Crippen LogP contribution in [0.4, 0.5) is 5.82 Å². The van der Waals surface area contributed by atoms with Crippen molar-refractivity contribution in [3.05, 3.63) is 73.7 Å². The Morgan fingerprint density at radius 3 is 2.44 bits per heavy atom. The first kappa shape index (κ1) is 24.1. The van der Waals surface area contributed by atoms with Gasteiger partial charge in [0.25, 0.3) is 5.56 Å². The van der Waals surface area contributed by atoms with E-state index in [0.29, 0.717) is 6.04 Å². The molecule has 4 rings (SSSR count). The SMILES string of the molecule is CCn1c(=O)c(C(=O)CSc2nc(C)c(C)n2C2CCCC2)c(N)n(Cc2ccccc2)c1=O. The zero-order chi connectivity index (χ0) is 24.4. The average molecular weight is 482 g/mol. The van der Waals surface area contributed by atoms with Crippen LogP contribution in [0.5, 0.6) is 0 Å². The van der Waals surface area contributed by atoms with Crippen LogP contribution in [-0.4, -0.2) is 30.2 Å². The number of hydrogen-bond acceptors (Lipinski definition) is 6. The van der Waals surface area contributed by atoms with Gasteiger partial charge in [-0.2, -0.15) is 0 Å². The van der Waals surface area contributed by atoms with Gasteiger partial charge in [0.1, 0.15) is 11.4 Å². The monoisotopic (exact) mass is 481 g/mol. The zero-order valence-corrected chi connectivity index (χ0v) is 20.7. The molecule has 1 fully saturated rings. The lowest BCUT2D eigenvalue weighted by atomic mass is 10.2. The first-order valence-corrected chi connectivity index (χ1v) is 12.7. The lowest BCUT2D eigenvalue weighted by molar-refractivity contribution is 0.102. The fourth-order valence-electron chi connectivity index (χ4n) is 4.67. The number of nitrogens with zero attached hydrogens (tertiary/aromatic N) is 4. The van der Waals surface area contributed by atoms with E-state index in [1.807, 2.05) is 37.3 Å². The second-order valence-corrected chi connectivity index (χ2v) is 9.69. The number of nitrogens with two attached hydrogens (primary N) is 1. The molecule has 0 radical (unpaired) electrons. The van der Waals surface area contributed by atoms with Gasteiger partial charge in [-0.1, -0.05) is 54.9 Å². The minimum atomic E-state index is -0.633. The zero-order valence-electron chi connectivity index (χ0n) is 19.9. The maximum Gasteiger partial charge on any atom is 0.332 e. The Morgan fingerprint density at radius 2 is 1.79 bits per heavy atom. The van der Waals surface area contributed by atoms with Gasteiger partial charge in [0, 0.05) is 18.3 Å². The highest BCUT2D eigenvalue weighted by molar-refractivity contribution is 7.99. The number of Topliss-reactive ketones (excluding diaryl/α,β-unsaturated/α-hetero) is 1. The summed E-state index contributed by atoms with van der Waals surface area (Å²) >= 11 is 1.33. The van der Waals surface area contributed by atoms with Crippen LogP contribution in [0.25, 0.3) is 0 Å². The van der Waals surface area contributed by atoms with Crippen molar-refractivity contribution in [3.8, 4) is 0 Å². The van der Waals surface area contributed by atoms with E-state index in [1.54, 1.807) is 6.92 Å². The lowest BCUT2D eigenvalue weighted by Crippen LogP contribution is -2.44. The van der Waals surface area contributed by atoms with E-state index in [-0.39, 0.29) is 30.2 Å². The maximum absolute atomic E-state index is 13.3. The molecule has 1 aromatic carbocycles. The topological polar surface area (TPSA) is 105 Å². The summed E-state index contributed by atoms with van der Waals surface area (Å²) in [5.74, 6) is -0.455. The van der Waals surface area contributed by atoms with Crippen molar-refractivity contribution in [2.75, 3.05) is 11.5 Å². The molecule has 0 aliphatic heterocycles. The number of benzene rings is 1. The van der Waals surface area contributed by atoms with Crippen LogP contribution < -0.4 is 17.0 Å². The lowest BCUT2D eigenvalue weighted by Gasteiger charge is -2.17. The van der Waals surface area contributed by atoms with Crippen LogP contribution in [0.3, 0.4) is 0 Å². The molecule has 2 aromatic heterocycles. The van der Waals surface area contributed by atoms with Gasteiger partial charge in [0.05, 0.1) is 18.0 Å². The Bertz CT molecular complexity index is 1320. The molecule has 0 unspecified atom stereocenters. The summed E-state index contributed by atoms with van der Waals surface area (Å²) in [4.78, 5) is 44.0. The van der Waals surface area contributed by atoms with Crippen molar-refractivity contribution in [2.24, 2.45) is 0 Å². The molecule has 34 heavy (non-hydrogen) atoms. The van der Waals surface area contributed by atoms with E-state index in [0.717, 1.165) is 39.5 Å². The molecule has 3 aromatic rings. The van der Waals surface area contributed by atoms with Crippen molar-refractivity contribution in [3.63, 3.8) is 0 Å². The van der Waals surface area contributed by atoms with E-state index in [4.69, 9.17) is 10.7 Å². The third-order valence-corrected chi connectivity index (χ3v) is 7.58. The minimum absolute atomic E-state index is 0.0231. The Kier molecular flexibility index (Phi) is 7.11. The maximum atomic E-state index is 13.3. The van der Waals surface area contributed by atoms with Crippen LogP contribution >= 0.6 is 11.8 Å². The number of aromatic nitrogens is 4. The molecule has 1 saturated carbocycles. The number of imidazole rings is 1. The third kappa shape index (κ3) is 4.49. The van der Waals surface area contributed by atoms with Crippen LogP contribution in [0.15, 0.2) is 45.1 Å². The fraction of sp³-hybridized carbons (Fsp3) is 0.440. The van der Waals surface area contributed by atoms with Crippen molar-refractivity contribution in [1.82, 2.24) is 18.7 Å². The van der Waals surface area contributed by atoms with Crippen molar-refractivity contribution >= 4 is 23.4 Å². The van der Waals surface area contributed by atoms with Gasteiger partial charge in [0.15, 0.2) is 10.9 Å². The van der Waals surface area contributed by atoms with E-state index in [1.165, 1.54) is 29.2 Å². The van der Waals surface area contributed by atoms with Gasteiger partial charge in [-0.25, -0.2) is 9.78 Å². The van der Waals surface area contributed by atoms with Gasteiger partial charge in [-0.05, 0) is 39.2 Å². The van der Waals surface area contributed by atoms with E-state index < -0.39 is 17.0 Å². The van der Waals surface area contributed by atoms with Crippen LogP contribution in [0, 0.1) is 13.8 Å². The third-order valence-electron chi connectivity index (χ3n) is 6.62. The molecular formula is C25H31N5O3S. The number of rotatable bonds is 8. The minimum Gasteiger partial charge on any atom is -0.384 e. The number of hydrogen-bond donors (Lipinski definition) is 1. The van der Waals surface area contributed by atoms with Crippen molar-refractivity contribution < 1.29 is 4.79 Å². The molecule has 2 heterocycles. The van der Waals surface area contributed by atoms with Gasteiger partial charge >= 0.3 is 5.69 Å². The second-order valence-electron chi connectivity index (χ2n) is 8.75. The summed E-state index contributed by atoms with van der Waals surface area (Å²) in [5, 5.41) is 0.794. The summed E-state index contributed by atoms with van der Waals surface area (Å²) in [6, 6.07) is 9.76. The molecule has 0 bridgehead atoms. The summed E-state index contributed by atoms with van der Waals surface area (Å²) in [6.45, 7) is 6.08. The molecule has 180 valence electrons. The Labute approximate surface area is 202 Å². The molecule has 1 aliphatic carbocycles.